The fourth-order valence-electron chi connectivity index (χ4n) is 2.13. The lowest BCUT2D eigenvalue weighted by atomic mass is 10.00. The lowest BCUT2D eigenvalue weighted by molar-refractivity contribution is 0.101. The van der Waals surface area contributed by atoms with Gasteiger partial charge in [-0.15, -0.1) is 0 Å². The minimum atomic E-state index is -0.608. The first-order chi connectivity index (χ1) is 7.13. The minimum Gasteiger partial charge on any atom is -0.368 e. The van der Waals surface area contributed by atoms with E-state index in [1.165, 1.54) is 6.92 Å². The van der Waals surface area contributed by atoms with Crippen molar-refractivity contribution in [1.29, 1.82) is 0 Å². The largest absolute Gasteiger partial charge is 0.368 e. The second kappa shape index (κ2) is 3.61. The molecule has 1 aromatic carbocycles. The van der Waals surface area contributed by atoms with E-state index in [2.05, 4.69) is 0 Å². The fraction of sp³-hybridized carbons (Fsp3) is 0.545. The third-order valence-corrected chi connectivity index (χ3v) is 2.91. The van der Waals surface area contributed by atoms with Crippen molar-refractivity contribution in [2.45, 2.75) is 26.2 Å². The highest BCUT2D eigenvalue weighted by atomic mass is 16.2. The highest BCUT2D eigenvalue weighted by molar-refractivity contribution is 6.01. The predicted molar refractivity (Wildman–Crippen MR) is 57.4 cm³/mol. The highest BCUT2D eigenvalue weighted by Gasteiger charge is 2.28. The third-order valence-electron chi connectivity index (χ3n) is 2.91. The van der Waals surface area contributed by atoms with Gasteiger partial charge >= 0.3 is 0 Å². The standard InChI is InChI=1S/C11H13NO3/c1-7(13)8-9(11(15)10(8)14)12-5-3-2-4-6-12/h2-6H2,1H3. The summed E-state index contributed by atoms with van der Waals surface area (Å²) in [6, 6.07) is 0. The second-order valence-corrected chi connectivity index (χ2v) is 3.99. The lowest BCUT2D eigenvalue weighted by Gasteiger charge is -2.30. The topological polar surface area (TPSA) is 54.5 Å². The van der Waals surface area contributed by atoms with E-state index in [4.69, 9.17) is 0 Å². The quantitative estimate of drug-likeness (QED) is 0.522. The van der Waals surface area contributed by atoms with E-state index in [1.54, 1.807) is 0 Å². The zero-order chi connectivity index (χ0) is 11.0. The van der Waals surface area contributed by atoms with Crippen LogP contribution in [0.2, 0.25) is 0 Å². The summed E-state index contributed by atoms with van der Waals surface area (Å²) in [5.74, 6) is -0.292. The smallest absolute Gasteiger partial charge is 0.250 e. The van der Waals surface area contributed by atoms with Crippen LogP contribution in [0.5, 0.6) is 0 Å². The molecule has 15 heavy (non-hydrogen) atoms. The van der Waals surface area contributed by atoms with Gasteiger partial charge in [0.2, 0.25) is 5.43 Å². The van der Waals surface area contributed by atoms with Gasteiger partial charge in [0.05, 0.1) is 5.56 Å². The summed E-state index contributed by atoms with van der Waals surface area (Å²) in [5, 5.41) is 0. The molecule has 1 fully saturated rings. The average Bonchev–Trinajstić information content (AvgIpc) is 2.25. The molecule has 0 unspecified atom stereocenters. The van der Waals surface area contributed by atoms with Gasteiger partial charge in [-0.3, -0.25) is 14.4 Å². The molecule has 80 valence electrons. The Balaban J connectivity index is 2.36. The van der Waals surface area contributed by atoms with Crippen molar-refractivity contribution in [2.75, 3.05) is 18.0 Å². The molecule has 0 radical (unpaired) electrons. The molecule has 1 heterocycles. The molecule has 0 aromatic heterocycles. The Morgan fingerprint density at radius 3 is 2.20 bits per heavy atom. The second-order valence-electron chi connectivity index (χ2n) is 3.99. The van der Waals surface area contributed by atoms with Crippen LogP contribution in [0.4, 0.5) is 5.69 Å². The van der Waals surface area contributed by atoms with E-state index in [0.29, 0.717) is 5.69 Å². The van der Waals surface area contributed by atoms with E-state index >= 15 is 0 Å². The number of carbonyl (C=O) groups is 1. The molecule has 1 aliphatic heterocycles. The third kappa shape index (κ3) is 1.50. The number of carbonyl (C=O) groups excluding carboxylic acids is 1. The van der Waals surface area contributed by atoms with Gasteiger partial charge in [0.15, 0.2) is 5.78 Å². The van der Waals surface area contributed by atoms with E-state index in [-0.39, 0.29) is 11.3 Å². The van der Waals surface area contributed by atoms with Gasteiger partial charge in [-0.1, -0.05) is 0 Å². The van der Waals surface area contributed by atoms with Crippen molar-refractivity contribution < 1.29 is 4.79 Å². The van der Waals surface area contributed by atoms with E-state index in [9.17, 15) is 14.4 Å². The minimum absolute atomic E-state index is 0.113. The monoisotopic (exact) mass is 207 g/mol. The van der Waals surface area contributed by atoms with Crippen LogP contribution in [0.3, 0.4) is 0 Å². The van der Waals surface area contributed by atoms with Crippen molar-refractivity contribution in [3.63, 3.8) is 0 Å². The van der Waals surface area contributed by atoms with Crippen LogP contribution in [-0.2, 0) is 0 Å². The summed E-state index contributed by atoms with van der Waals surface area (Å²) >= 11 is 0. The molecular weight excluding hydrogens is 194 g/mol. The fourth-order valence-corrected chi connectivity index (χ4v) is 2.13. The molecule has 2 rings (SSSR count). The first-order valence-corrected chi connectivity index (χ1v) is 5.22. The molecule has 0 saturated carbocycles. The van der Waals surface area contributed by atoms with Crippen molar-refractivity contribution in [2.24, 2.45) is 0 Å². The molecule has 0 bridgehead atoms. The molecule has 1 aromatic rings. The molecule has 4 nitrogen and oxygen atoms in total. The maximum absolute atomic E-state index is 11.4. The van der Waals surface area contributed by atoms with E-state index < -0.39 is 10.9 Å². The van der Waals surface area contributed by atoms with Gasteiger partial charge in [-0.25, -0.2) is 0 Å². The van der Waals surface area contributed by atoms with Gasteiger partial charge in [0.1, 0.15) is 5.69 Å². The number of hydrogen-bond acceptors (Lipinski definition) is 4. The zero-order valence-corrected chi connectivity index (χ0v) is 8.71. The summed E-state index contributed by atoms with van der Waals surface area (Å²) in [4.78, 5) is 35.6. The van der Waals surface area contributed by atoms with Crippen LogP contribution in [0.1, 0.15) is 36.5 Å². The number of rotatable bonds is 2. The van der Waals surface area contributed by atoms with E-state index in [1.807, 2.05) is 4.90 Å². The number of Topliss-reactive ketones (excluding diaryl/α,β-unsaturated/α-hetero) is 1. The number of hydrogen-bond donors (Lipinski definition) is 0. The molecule has 1 aliphatic rings. The van der Waals surface area contributed by atoms with Gasteiger partial charge in [0.25, 0.3) is 5.43 Å². The molecular formula is C11H13NO3. The first kappa shape index (κ1) is 10.1. The van der Waals surface area contributed by atoms with Crippen LogP contribution < -0.4 is 15.8 Å². The highest BCUT2D eigenvalue weighted by Crippen LogP contribution is 2.20. The molecule has 4 heteroatoms. The van der Waals surface area contributed by atoms with Gasteiger partial charge in [-0.2, -0.15) is 0 Å². The van der Waals surface area contributed by atoms with Gasteiger partial charge < -0.3 is 4.90 Å². The Morgan fingerprint density at radius 2 is 1.67 bits per heavy atom. The normalized spacial score (nSPS) is 17.0. The van der Waals surface area contributed by atoms with Crippen LogP contribution in [0, 0.1) is 0 Å². The zero-order valence-electron chi connectivity index (χ0n) is 8.71. The maximum atomic E-state index is 11.4. The van der Waals surface area contributed by atoms with Crippen molar-refractivity contribution in [1.82, 2.24) is 0 Å². The molecule has 1 saturated heterocycles. The van der Waals surface area contributed by atoms with Gasteiger partial charge in [-0.05, 0) is 26.2 Å². The van der Waals surface area contributed by atoms with Crippen LogP contribution >= 0.6 is 0 Å². The Labute approximate surface area is 87.2 Å². The summed E-state index contributed by atoms with van der Waals surface area (Å²) in [6.45, 7) is 2.90. The first-order valence-electron chi connectivity index (χ1n) is 5.22. The summed E-state index contributed by atoms with van der Waals surface area (Å²) < 4.78 is 0. The molecule has 0 N–H and O–H groups in total. The van der Waals surface area contributed by atoms with Crippen LogP contribution in [0.25, 0.3) is 0 Å². The van der Waals surface area contributed by atoms with E-state index in [0.717, 1.165) is 32.4 Å². The maximum Gasteiger partial charge on any atom is 0.250 e. The number of anilines is 1. The van der Waals surface area contributed by atoms with Crippen molar-refractivity contribution in [3.05, 3.63) is 26.0 Å². The number of piperidine rings is 1. The average molecular weight is 207 g/mol. The predicted octanol–water partition coefficient (Wildman–Crippen LogP) is 0.476. The molecule has 0 aliphatic carbocycles. The Hall–Kier alpha value is -1.45. The summed E-state index contributed by atoms with van der Waals surface area (Å²) in [6.07, 6.45) is 3.20. The van der Waals surface area contributed by atoms with Crippen molar-refractivity contribution >= 4 is 11.5 Å². The Bertz CT molecular complexity index is 462. The Kier molecular flexibility index (Phi) is 2.42. The lowest BCUT2D eigenvalue weighted by Crippen LogP contribution is -2.46. The number of ketones is 1. The molecule has 0 amide bonds. The van der Waals surface area contributed by atoms with Crippen LogP contribution in [0.15, 0.2) is 9.59 Å². The summed E-state index contributed by atoms with van der Waals surface area (Å²) in [7, 11) is 0. The SMILES string of the molecule is CC(=O)c1c(N2CCCCC2)c(=O)c1=O. The molecule has 0 spiro atoms. The Morgan fingerprint density at radius 1 is 1.07 bits per heavy atom. The summed E-state index contributed by atoms with van der Waals surface area (Å²) in [5.41, 5.74) is -0.612. The number of nitrogens with zero attached hydrogens (tertiary/aromatic N) is 1. The van der Waals surface area contributed by atoms with Crippen molar-refractivity contribution in [3.8, 4) is 0 Å². The van der Waals surface area contributed by atoms with Crippen LogP contribution in [-0.4, -0.2) is 18.9 Å². The van der Waals surface area contributed by atoms with Gasteiger partial charge in [0, 0.05) is 13.1 Å². The molecule has 0 atom stereocenters.